The average molecular weight is 197 g/mol. The largest absolute Gasteiger partial charge is 0.457 e. The van der Waals surface area contributed by atoms with Crippen LogP contribution in [0, 0.1) is 0 Å². The second-order valence-corrected chi connectivity index (χ2v) is 4.63. The molecule has 0 N–H and O–H groups in total. The van der Waals surface area contributed by atoms with Gasteiger partial charge in [-0.15, -0.1) is 0 Å². The third-order valence-corrected chi connectivity index (χ3v) is 3.59. The molecule has 2 aliphatic heterocycles. The first-order valence-electron chi connectivity index (χ1n) is 4.69. The van der Waals surface area contributed by atoms with Gasteiger partial charge < -0.3 is 4.74 Å². The molecule has 0 saturated heterocycles. The molecule has 0 spiro atoms. The third kappa shape index (κ3) is 1.19. The molecule has 0 saturated carbocycles. The van der Waals surface area contributed by atoms with Gasteiger partial charge in [-0.05, 0) is 22.9 Å². The maximum Gasteiger partial charge on any atom is 0.130 e. The number of benzene rings is 1. The Morgan fingerprint density at radius 3 is 3.14 bits per heavy atom. The van der Waals surface area contributed by atoms with Crippen LogP contribution < -0.4 is 4.74 Å². The van der Waals surface area contributed by atoms with Crippen molar-refractivity contribution in [2.24, 2.45) is 0 Å². The van der Waals surface area contributed by atoms with E-state index in [2.05, 4.69) is 30.0 Å². The summed E-state index contributed by atoms with van der Waals surface area (Å²) in [5, 5.41) is 1.42. The highest BCUT2D eigenvalue weighted by molar-refractivity contribution is 6.57. The number of fused-ring (bicyclic) bond motifs is 1. The zero-order valence-electron chi connectivity index (χ0n) is 7.66. The molecular formula is C12H9OSi. The molecule has 67 valence electrons. The van der Waals surface area contributed by atoms with Crippen LogP contribution in [0.5, 0.6) is 5.75 Å². The monoisotopic (exact) mass is 197 g/mol. The highest BCUT2D eigenvalue weighted by atomic mass is 28.2. The van der Waals surface area contributed by atoms with Crippen molar-refractivity contribution in [2.75, 3.05) is 0 Å². The van der Waals surface area contributed by atoms with E-state index in [0.29, 0.717) is 0 Å². The molecule has 0 unspecified atom stereocenters. The Morgan fingerprint density at radius 2 is 2.14 bits per heavy atom. The molecule has 1 aromatic carbocycles. The molecule has 0 fully saturated rings. The van der Waals surface area contributed by atoms with Gasteiger partial charge in [0.25, 0.3) is 0 Å². The van der Waals surface area contributed by atoms with Crippen molar-refractivity contribution in [2.45, 2.75) is 6.42 Å². The lowest BCUT2D eigenvalue weighted by molar-refractivity contribution is 0.425. The molecule has 0 aromatic heterocycles. The first-order valence-corrected chi connectivity index (χ1v) is 5.76. The predicted molar refractivity (Wildman–Crippen MR) is 58.8 cm³/mol. The Kier molecular flexibility index (Phi) is 1.74. The second kappa shape index (κ2) is 3.06. The minimum absolute atomic E-state index is 0.786. The Hall–Kier alpha value is -1.41. The maximum atomic E-state index is 5.82. The summed E-state index contributed by atoms with van der Waals surface area (Å²) in [5.74, 6) is 2.08. The fraction of sp³-hybridized carbons (Fsp3) is 0.0833. The zero-order valence-corrected chi connectivity index (χ0v) is 8.66. The molecular weight excluding hydrogens is 188 g/mol. The summed E-state index contributed by atoms with van der Waals surface area (Å²) in [4.78, 5) is 0. The molecule has 2 aliphatic rings. The minimum atomic E-state index is 0.786. The van der Waals surface area contributed by atoms with Crippen LogP contribution in [0.1, 0.15) is 5.56 Å². The van der Waals surface area contributed by atoms with Crippen LogP contribution in [0.3, 0.4) is 0 Å². The summed E-state index contributed by atoms with van der Waals surface area (Å²) in [7, 11) is 0.786. The minimum Gasteiger partial charge on any atom is -0.457 e. The third-order valence-electron chi connectivity index (χ3n) is 2.46. The number of allylic oxidation sites excluding steroid dienone is 3. The van der Waals surface area contributed by atoms with Crippen molar-refractivity contribution in [3.63, 3.8) is 0 Å². The van der Waals surface area contributed by atoms with Gasteiger partial charge in [0, 0.05) is 6.42 Å². The van der Waals surface area contributed by atoms with E-state index in [1.807, 2.05) is 12.1 Å². The van der Waals surface area contributed by atoms with Crippen molar-refractivity contribution in [1.29, 1.82) is 0 Å². The normalized spacial score (nSPS) is 17.4. The van der Waals surface area contributed by atoms with Gasteiger partial charge in [-0.3, -0.25) is 0 Å². The van der Waals surface area contributed by atoms with Gasteiger partial charge in [0.1, 0.15) is 11.5 Å². The molecule has 0 bridgehead atoms. The van der Waals surface area contributed by atoms with Crippen molar-refractivity contribution < 1.29 is 4.74 Å². The molecule has 1 aromatic rings. The van der Waals surface area contributed by atoms with E-state index >= 15 is 0 Å². The number of ether oxygens (including phenoxy) is 1. The Morgan fingerprint density at radius 1 is 1.21 bits per heavy atom. The Balaban J connectivity index is 2.08. The second-order valence-electron chi connectivity index (χ2n) is 3.40. The zero-order chi connectivity index (χ0) is 9.38. The van der Waals surface area contributed by atoms with Crippen LogP contribution in [0.2, 0.25) is 0 Å². The first kappa shape index (κ1) is 7.94. The van der Waals surface area contributed by atoms with Gasteiger partial charge in [0.05, 0.1) is 9.13 Å². The van der Waals surface area contributed by atoms with Crippen LogP contribution in [0.15, 0.2) is 47.4 Å². The van der Waals surface area contributed by atoms with Crippen molar-refractivity contribution in [3.8, 4) is 5.75 Å². The van der Waals surface area contributed by atoms with E-state index < -0.39 is 0 Å². The van der Waals surface area contributed by atoms with Crippen LogP contribution in [0.4, 0.5) is 0 Å². The Labute approximate surface area is 85.2 Å². The van der Waals surface area contributed by atoms with Crippen LogP contribution in [-0.2, 0) is 6.42 Å². The maximum absolute atomic E-state index is 5.82. The molecule has 1 radical (unpaired) electrons. The number of hydrogen-bond acceptors (Lipinski definition) is 1. The van der Waals surface area contributed by atoms with Crippen molar-refractivity contribution >= 4 is 14.8 Å². The van der Waals surface area contributed by atoms with E-state index in [-0.39, 0.29) is 0 Å². The van der Waals surface area contributed by atoms with Gasteiger partial charge >= 0.3 is 0 Å². The van der Waals surface area contributed by atoms with E-state index in [1.165, 1.54) is 10.8 Å². The fourth-order valence-electron chi connectivity index (χ4n) is 1.75. The predicted octanol–water partition coefficient (Wildman–Crippen LogP) is 1.91. The van der Waals surface area contributed by atoms with Crippen LogP contribution in [-0.4, -0.2) is 14.8 Å². The number of para-hydroxylation sites is 1. The standard InChI is InChI=1S/C12H9OSi/c1-2-5-10-9(4-1)8-12-11(13-10)6-3-7-14-12/h1-7H,8H2. The number of rotatable bonds is 0. The SMILES string of the molecule is C1=CC2=C(Cc3ccccc3O2)[Si]=C1. The molecule has 0 atom stereocenters. The highest BCUT2D eigenvalue weighted by Crippen LogP contribution is 2.29. The lowest BCUT2D eigenvalue weighted by Gasteiger charge is -2.21. The fourth-order valence-corrected chi connectivity index (χ4v) is 2.71. The summed E-state index contributed by atoms with van der Waals surface area (Å²) in [5.41, 5.74) is 3.51. The molecule has 3 rings (SSSR count). The highest BCUT2D eigenvalue weighted by Gasteiger charge is 2.16. The summed E-state index contributed by atoms with van der Waals surface area (Å²) >= 11 is 0. The smallest absolute Gasteiger partial charge is 0.130 e. The molecule has 1 nitrogen and oxygen atoms in total. The molecule has 0 amide bonds. The first-order chi connectivity index (χ1) is 6.93. The number of hydrogen-bond donors (Lipinski definition) is 0. The van der Waals surface area contributed by atoms with E-state index in [0.717, 1.165) is 27.1 Å². The van der Waals surface area contributed by atoms with Gasteiger partial charge in [-0.25, -0.2) is 0 Å². The van der Waals surface area contributed by atoms with Crippen molar-refractivity contribution in [1.82, 2.24) is 0 Å². The topological polar surface area (TPSA) is 9.23 Å². The van der Waals surface area contributed by atoms with Gasteiger partial charge in [0.15, 0.2) is 0 Å². The van der Waals surface area contributed by atoms with Crippen LogP contribution >= 0.6 is 0 Å². The molecule has 2 heterocycles. The van der Waals surface area contributed by atoms with Gasteiger partial charge in [-0.2, -0.15) is 0 Å². The summed E-state index contributed by atoms with van der Waals surface area (Å²) in [6.07, 6.45) is 5.18. The molecule has 14 heavy (non-hydrogen) atoms. The van der Waals surface area contributed by atoms with Gasteiger partial charge in [-0.1, -0.05) is 29.9 Å². The van der Waals surface area contributed by atoms with Crippen molar-refractivity contribution in [3.05, 3.63) is 52.9 Å². The lowest BCUT2D eigenvalue weighted by atomic mass is 10.1. The van der Waals surface area contributed by atoms with Gasteiger partial charge in [0.2, 0.25) is 0 Å². The molecule has 2 heteroatoms. The quantitative estimate of drug-likeness (QED) is 0.577. The lowest BCUT2D eigenvalue weighted by Crippen LogP contribution is -2.13. The summed E-state index contributed by atoms with van der Waals surface area (Å²) in [6, 6.07) is 8.26. The average Bonchev–Trinajstić information content (AvgIpc) is 2.26. The summed E-state index contributed by atoms with van der Waals surface area (Å²) < 4.78 is 5.82. The van der Waals surface area contributed by atoms with E-state index in [1.54, 1.807) is 0 Å². The Bertz CT molecular complexity index is 426. The summed E-state index contributed by atoms with van der Waals surface area (Å²) in [6.45, 7) is 0. The van der Waals surface area contributed by atoms with E-state index in [9.17, 15) is 0 Å². The van der Waals surface area contributed by atoms with Crippen LogP contribution in [0.25, 0.3) is 0 Å². The molecule has 0 aliphatic carbocycles. The van der Waals surface area contributed by atoms with E-state index in [4.69, 9.17) is 4.74 Å².